The van der Waals surface area contributed by atoms with Gasteiger partial charge in [0.15, 0.2) is 5.76 Å². The predicted molar refractivity (Wildman–Crippen MR) is 110 cm³/mol. The van der Waals surface area contributed by atoms with Gasteiger partial charge < -0.3 is 14.5 Å². The Bertz CT molecular complexity index is 1280. The van der Waals surface area contributed by atoms with Gasteiger partial charge in [0, 0.05) is 17.7 Å². The number of carbonyl (C=O) groups is 2. The second kappa shape index (κ2) is 8.49. The zero-order valence-electron chi connectivity index (χ0n) is 16.4. The maximum Gasteiger partial charge on any atom is 0.397 e. The number of hydrogen-bond acceptors (Lipinski definition) is 7. The number of hydrogen-bond donors (Lipinski definition) is 2. The molecule has 0 bridgehead atoms. The number of rotatable bonds is 5. The average molecular weight is 419 g/mol. The van der Waals surface area contributed by atoms with Crippen molar-refractivity contribution in [1.29, 1.82) is 0 Å². The molecule has 1 aromatic carbocycles. The van der Waals surface area contributed by atoms with Crippen molar-refractivity contribution in [1.82, 2.24) is 19.7 Å². The third kappa shape index (κ3) is 4.27. The Balaban J connectivity index is 1.80. The molecule has 0 unspecified atom stereocenters. The summed E-state index contributed by atoms with van der Waals surface area (Å²) in [5.74, 6) is -1.47. The Labute approximate surface area is 175 Å². The molecule has 0 fully saturated rings. The Morgan fingerprint density at radius 3 is 2.65 bits per heavy atom. The lowest BCUT2D eigenvalue weighted by molar-refractivity contribution is -0.152. The van der Waals surface area contributed by atoms with E-state index in [-0.39, 0.29) is 18.4 Å². The Kier molecular flexibility index (Phi) is 5.43. The molecule has 31 heavy (non-hydrogen) atoms. The number of aromatic nitrogens is 4. The molecule has 10 heteroatoms. The summed E-state index contributed by atoms with van der Waals surface area (Å²) in [6, 6.07) is 15.3. The first-order valence-electron chi connectivity index (χ1n) is 9.34. The van der Waals surface area contributed by atoms with Gasteiger partial charge in [-0.25, -0.2) is 9.78 Å². The highest BCUT2D eigenvalue weighted by Crippen LogP contribution is 2.24. The summed E-state index contributed by atoms with van der Waals surface area (Å²) in [4.78, 5) is 43.3. The van der Waals surface area contributed by atoms with E-state index in [2.05, 4.69) is 20.4 Å². The van der Waals surface area contributed by atoms with Gasteiger partial charge in [-0.2, -0.15) is 9.78 Å². The summed E-state index contributed by atoms with van der Waals surface area (Å²) in [6.45, 7) is 1.64. The summed E-state index contributed by atoms with van der Waals surface area (Å²) in [6.07, 6.45) is 1.47. The molecular weight excluding hydrogens is 402 g/mol. The van der Waals surface area contributed by atoms with Crippen molar-refractivity contribution >= 4 is 17.7 Å². The normalized spacial score (nSPS) is 10.6. The maximum absolute atomic E-state index is 12.3. The second-order valence-electron chi connectivity index (χ2n) is 6.30. The van der Waals surface area contributed by atoms with Crippen LogP contribution in [0.4, 0.5) is 5.82 Å². The molecule has 0 saturated heterocycles. The van der Waals surface area contributed by atoms with Crippen molar-refractivity contribution in [2.75, 3.05) is 11.9 Å². The zero-order chi connectivity index (χ0) is 21.8. The third-order valence-corrected chi connectivity index (χ3v) is 4.18. The Hall–Kier alpha value is -4.47. The van der Waals surface area contributed by atoms with Crippen LogP contribution in [0.2, 0.25) is 0 Å². The SMILES string of the molecule is CCOC(=O)C(=O)Nc1cc(-c2ccco2)nn1-c1nc(-c2ccccc2)cc(=O)[nH]1. The fraction of sp³-hybridized carbons (Fsp3) is 0.0952. The number of benzene rings is 1. The molecule has 4 aromatic rings. The Morgan fingerprint density at radius 1 is 1.13 bits per heavy atom. The molecule has 2 N–H and O–H groups in total. The number of anilines is 1. The fourth-order valence-electron chi connectivity index (χ4n) is 2.84. The average Bonchev–Trinajstić information content (AvgIpc) is 3.44. The van der Waals surface area contributed by atoms with Crippen LogP contribution in [0, 0.1) is 0 Å². The first kappa shape index (κ1) is 19.8. The van der Waals surface area contributed by atoms with Crippen LogP contribution in [0.25, 0.3) is 28.7 Å². The highest BCUT2D eigenvalue weighted by Gasteiger charge is 2.21. The van der Waals surface area contributed by atoms with Gasteiger partial charge in [-0.3, -0.25) is 14.6 Å². The first-order valence-corrected chi connectivity index (χ1v) is 9.34. The van der Waals surface area contributed by atoms with Crippen LogP contribution < -0.4 is 10.9 Å². The number of ether oxygens (including phenoxy) is 1. The van der Waals surface area contributed by atoms with Gasteiger partial charge in [-0.1, -0.05) is 30.3 Å². The minimum Gasteiger partial charge on any atom is -0.463 e. The summed E-state index contributed by atoms with van der Waals surface area (Å²) in [7, 11) is 0. The first-order chi connectivity index (χ1) is 15.0. The molecule has 3 heterocycles. The summed E-state index contributed by atoms with van der Waals surface area (Å²) in [5.41, 5.74) is 1.08. The number of H-pyrrole nitrogens is 1. The van der Waals surface area contributed by atoms with Crippen LogP contribution in [0.1, 0.15) is 6.92 Å². The number of aromatic amines is 1. The minimum absolute atomic E-state index is 0.0447. The van der Waals surface area contributed by atoms with Crippen LogP contribution in [0.3, 0.4) is 0 Å². The van der Waals surface area contributed by atoms with Gasteiger partial charge in [-0.15, -0.1) is 0 Å². The molecule has 1 amide bonds. The van der Waals surface area contributed by atoms with Crippen molar-refractivity contribution in [2.45, 2.75) is 6.92 Å². The minimum atomic E-state index is -1.05. The van der Waals surface area contributed by atoms with Gasteiger partial charge in [0.05, 0.1) is 18.6 Å². The van der Waals surface area contributed by atoms with Crippen LogP contribution in [0.5, 0.6) is 0 Å². The van der Waals surface area contributed by atoms with Crippen molar-refractivity contribution in [3.63, 3.8) is 0 Å². The lowest BCUT2D eigenvalue weighted by atomic mass is 10.1. The second-order valence-corrected chi connectivity index (χ2v) is 6.30. The van der Waals surface area contributed by atoms with Crippen LogP contribution in [0.15, 0.2) is 70.1 Å². The van der Waals surface area contributed by atoms with E-state index >= 15 is 0 Å². The van der Waals surface area contributed by atoms with Crippen molar-refractivity contribution < 1.29 is 18.7 Å². The predicted octanol–water partition coefficient (Wildman–Crippen LogP) is 2.38. The molecule has 0 radical (unpaired) electrons. The number of amides is 1. The molecule has 0 aliphatic rings. The molecule has 0 saturated carbocycles. The number of furan rings is 1. The van der Waals surface area contributed by atoms with E-state index in [1.807, 2.05) is 30.3 Å². The van der Waals surface area contributed by atoms with Gasteiger partial charge in [0.2, 0.25) is 5.95 Å². The zero-order valence-corrected chi connectivity index (χ0v) is 16.4. The molecule has 0 spiro atoms. The number of carbonyl (C=O) groups excluding carboxylic acids is 2. The molecule has 0 aliphatic carbocycles. The van der Waals surface area contributed by atoms with Crippen LogP contribution in [-0.4, -0.2) is 38.2 Å². The van der Waals surface area contributed by atoms with Crippen molar-refractivity contribution in [3.05, 3.63) is 71.2 Å². The van der Waals surface area contributed by atoms with E-state index in [0.29, 0.717) is 17.1 Å². The van der Waals surface area contributed by atoms with Crippen LogP contribution >= 0.6 is 0 Å². The van der Waals surface area contributed by atoms with Gasteiger partial charge in [0.25, 0.3) is 5.56 Å². The summed E-state index contributed by atoms with van der Waals surface area (Å²) < 4.78 is 11.3. The molecule has 156 valence electrons. The van der Waals surface area contributed by atoms with E-state index in [4.69, 9.17) is 9.15 Å². The van der Waals surface area contributed by atoms with E-state index in [1.54, 1.807) is 19.1 Å². The van der Waals surface area contributed by atoms with E-state index in [0.717, 1.165) is 5.56 Å². The summed E-state index contributed by atoms with van der Waals surface area (Å²) >= 11 is 0. The number of nitrogens with one attached hydrogen (secondary N) is 2. The lowest BCUT2D eigenvalue weighted by Crippen LogP contribution is -2.26. The van der Waals surface area contributed by atoms with Crippen LogP contribution in [-0.2, 0) is 14.3 Å². The number of esters is 1. The Morgan fingerprint density at radius 2 is 1.94 bits per heavy atom. The highest BCUT2D eigenvalue weighted by atomic mass is 16.5. The molecular formula is C21H17N5O5. The molecule has 4 rings (SSSR count). The summed E-state index contributed by atoms with van der Waals surface area (Å²) in [5, 5.41) is 6.82. The van der Waals surface area contributed by atoms with Crippen molar-refractivity contribution in [2.24, 2.45) is 0 Å². The topological polar surface area (TPSA) is 132 Å². The quantitative estimate of drug-likeness (QED) is 0.375. The number of nitrogens with zero attached hydrogens (tertiary/aromatic N) is 3. The van der Waals surface area contributed by atoms with Crippen molar-refractivity contribution in [3.8, 4) is 28.7 Å². The van der Waals surface area contributed by atoms with E-state index < -0.39 is 17.4 Å². The smallest absolute Gasteiger partial charge is 0.397 e. The highest BCUT2D eigenvalue weighted by molar-refractivity contribution is 6.37. The van der Waals surface area contributed by atoms with Gasteiger partial charge >= 0.3 is 11.9 Å². The molecule has 0 aliphatic heterocycles. The largest absolute Gasteiger partial charge is 0.463 e. The molecule has 3 aromatic heterocycles. The van der Waals surface area contributed by atoms with E-state index in [9.17, 15) is 14.4 Å². The fourth-order valence-corrected chi connectivity index (χ4v) is 2.84. The monoisotopic (exact) mass is 419 g/mol. The lowest BCUT2D eigenvalue weighted by Gasteiger charge is -2.09. The standard InChI is InChI=1S/C21H17N5O5/c1-2-30-20(29)19(28)23-17-11-15(16-9-6-10-31-16)25-26(17)21-22-14(12-18(27)24-21)13-7-4-3-5-8-13/h3-12H,2H2,1H3,(H,23,28)(H,22,24,27). The van der Waals surface area contributed by atoms with Gasteiger partial charge in [-0.05, 0) is 19.1 Å². The van der Waals surface area contributed by atoms with Gasteiger partial charge in [0.1, 0.15) is 11.5 Å². The molecule has 10 nitrogen and oxygen atoms in total. The molecule has 0 atom stereocenters. The maximum atomic E-state index is 12.3. The van der Waals surface area contributed by atoms with E-state index in [1.165, 1.54) is 23.1 Å². The third-order valence-electron chi connectivity index (χ3n) is 4.18.